The Morgan fingerprint density at radius 1 is 1.00 bits per heavy atom. The van der Waals surface area contributed by atoms with Crippen molar-refractivity contribution in [2.45, 2.75) is 90.0 Å². The first kappa shape index (κ1) is 16.3. The van der Waals surface area contributed by atoms with Crippen LogP contribution in [0.5, 0.6) is 0 Å². The number of unbranched alkanes of at least 4 members (excludes halogenated alkanes) is 2. The van der Waals surface area contributed by atoms with Gasteiger partial charge in [0.15, 0.2) is 0 Å². The minimum Gasteiger partial charge on any atom is -0.329 e. The van der Waals surface area contributed by atoms with Crippen LogP contribution in [0.2, 0.25) is 0 Å². The maximum absolute atomic E-state index is 6.15. The van der Waals surface area contributed by atoms with Crippen LogP contribution in [-0.4, -0.2) is 30.1 Å². The first-order chi connectivity index (χ1) is 9.64. The molecule has 1 spiro atoms. The van der Waals surface area contributed by atoms with Gasteiger partial charge in [-0.3, -0.25) is 4.90 Å². The zero-order valence-corrected chi connectivity index (χ0v) is 13.9. The summed E-state index contributed by atoms with van der Waals surface area (Å²) in [6, 6.07) is 0. The van der Waals surface area contributed by atoms with E-state index in [0.29, 0.717) is 5.41 Å². The molecule has 118 valence electrons. The number of likely N-dealkylation sites (tertiary alicyclic amines) is 1. The van der Waals surface area contributed by atoms with Gasteiger partial charge in [0.25, 0.3) is 0 Å². The van der Waals surface area contributed by atoms with Crippen LogP contribution < -0.4 is 5.73 Å². The quantitative estimate of drug-likeness (QED) is 0.734. The van der Waals surface area contributed by atoms with Crippen LogP contribution in [-0.2, 0) is 0 Å². The molecule has 0 amide bonds. The van der Waals surface area contributed by atoms with Crippen LogP contribution in [0.25, 0.3) is 0 Å². The summed E-state index contributed by atoms with van der Waals surface area (Å²) in [4.78, 5) is 2.72. The van der Waals surface area contributed by atoms with E-state index in [1.165, 1.54) is 83.7 Å². The van der Waals surface area contributed by atoms with Gasteiger partial charge in [-0.1, -0.05) is 45.4 Å². The van der Waals surface area contributed by atoms with Crippen molar-refractivity contribution in [2.75, 3.05) is 19.6 Å². The molecular formula is C18H36N2. The van der Waals surface area contributed by atoms with Crippen molar-refractivity contribution < 1.29 is 0 Å². The molecule has 1 saturated heterocycles. The van der Waals surface area contributed by atoms with Gasteiger partial charge in [0, 0.05) is 12.1 Å². The molecular weight excluding hydrogens is 244 g/mol. The maximum atomic E-state index is 6.15. The van der Waals surface area contributed by atoms with Crippen LogP contribution in [0, 0.1) is 5.41 Å². The van der Waals surface area contributed by atoms with Crippen LogP contribution in [0.15, 0.2) is 0 Å². The molecule has 2 fully saturated rings. The highest BCUT2D eigenvalue weighted by Crippen LogP contribution is 2.45. The van der Waals surface area contributed by atoms with Crippen molar-refractivity contribution in [1.29, 1.82) is 0 Å². The highest BCUT2D eigenvalue weighted by atomic mass is 15.2. The van der Waals surface area contributed by atoms with Gasteiger partial charge in [-0.2, -0.15) is 0 Å². The van der Waals surface area contributed by atoms with Gasteiger partial charge in [0.2, 0.25) is 0 Å². The van der Waals surface area contributed by atoms with Crippen molar-refractivity contribution in [2.24, 2.45) is 11.1 Å². The van der Waals surface area contributed by atoms with Crippen molar-refractivity contribution in [3.05, 3.63) is 0 Å². The van der Waals surface area contributed by atoms with E-state index in [-0.39, 0.29) is 5.54 Å². The van der Waals surface area contributed by atoms with Gasteiger partial charge >= 0.3 is 0 Å². The van der Waals surface area contributed by atoms with E-state index in [9.17, 15) is 0 Å². The van der Waals surface area contributed by atoms with E-state index in [4.69, 9.17) is 5.73 Å². The summed E-state index contributed by atoms with van der Waals surface area (Å²) in [5.41, 5.74) is 7.12. The normalized spacial score (nSPS) is 26.6. The van der Waals surface area contributed by atoms with E-state index in [2.05, 4.69) is 18.7 Å². The highest BCUT2D eigenvalue weighted by Gasteiger charge is 2.40. The summed E-state index contributed by atoms with van der Waals surface area (Å²) in [6.07, 6.45) is 15.6. The molecule has 2 N–H and O–H groups in total. The standard InChI is InChI=1S/C18H36N2/c1-3-4-6-9-17(2,16-19)20-14-12-18(13-15-20)10-7-5-8-11-18/h3-16,19H2,1-2H3. The molecule has 1 heterocycles. The third-order valence-electron chi connectivity index (χ3n) is 6.26. The number of nitrogens with zero attached hydrogens (tertiary/aromatic N) is 1. The molecule has 0 aromatic heterocycles. The number of hydrogen-bond acceptors (Lipinski definition) is 2. The molecule has 1 aliphatic heterocycles. The molecule has 2 nitrogen and oxygen atoms in total. The van der Waals surface area contributed by atoms with Gasteiger partial charge in [-0.05, 0) is 57.5 Å². The summed E-state index contributed by atoms with van der Waals surface area (Å²) in [5.74, 6) is 0. The van der Waals surface area contributed by atoms with Crippen molar-refractivity contribution in [1.82, 2.24) is 4.90 Å². The fourth-order valence-corrected chi connectivity index (χ4v) is 4.47. The summed E-state index contributed by atoms with van der Waals surface area (Å²) in [7, 11) is 0. The molecule has 1 aliphatic carbocycles. The van der Waals surface area contributed by atoms with Gasteiger partial charge in [0.05, 0.1) is 0 Å². The molecule has 0 aromatic rings. The smallest absolute Gasteiger partial charge is 0.0303 e. The van der Waals surface area contributed by atoms with E-state index >= 15 is 0 Å². The van der Waals surface area contributed by atoms with Crippen molar-refractivity contribution in [3.8, 4) is 0 Å². The summed E-state index contributed by atoms with van der Waals surface area (Å²) >= 11 is 0. The average molecular weight is 280 g/mol. The zero-order chi connectivity index (χ0) is 14.5. The summed E-state index contributed by atoms with van der Waals surface area (Å²) in [5, 5.41) is 0. The van der Waals surface area contributed by atoms with Crippen LogP contribution in [0.1, 0.15) is 84.5 Å². The Hall–Kier alpha value is -0.0800. The molecule has 0 aromatic carbocycles. The lowest BCUT2D eigenvalue weighted by Crippen LogP contribution is -2.56. The Kier molecular flexibility index (Phi) is 5.92. The second-order valence-corrected chi connectivity index (χ2v) is 7.71. The maximum Gasteiger partial charge on any atom is 0.0303 e. The minimum absolute atomic E-state index is 0.255. The van der Waals surface area contributed by atoms with Crippen molar-refractivity contribution >= 4 is 0 Å². The largest absolute Gasteiger partial charge is 0.329 e. The topological polar surface area (TPSA) is 29.3 Å². The van der Waals surface area contributed by atoms with Crippen LogP contribution in [0.3, 0.4) is 0 Å². The fraction of sp³-hybridized carbons (Fsp3) is 1.00. The predicted octanol–water partition coefficient (Wildman–Crippen LogP) is 4.33. The predicted molar refractivity (Wildman–Crippen MR) is 87.9 cm³/mol. The van der Waals surface area contributed by atoms with Gasteiger partial charge in [-0.25, -0.2) is 0 Å². The second kappa shape index (κ2) is 7.26. The second-order valence-electron chi connectivity index (χ2n) is 7.71. The lowest BCUT2D eigenvalue weighted by molar-refractivity contribution is 0.00675. The van der Waals surface area contributed by atoms with E-state index in [1.54, 1.807) is 0 Å². The van der Waals surface area contributed by atoms with E-state index < -0.39 is 0 Å². The SMILES string of the molecule is CCCCCC(C)(CN)N1CCC2(CCCCC2)CC1. The Labute approximate surface area is 126 Å². The van der Waals surface area contributed by atoms with Crippen LogP contribution >= 0.6 is 0 Å². The molecule has 0 radical (unpaired) electrons. The van der Waals surface area contributed by atoms with Crippen molar-refractivity contribution in [3.63, 3.8) is 0 Å². The Balaban J connectivity index is 1.86. The van der Waals surface area contributed by atoms with E-state index in [0.717, 1.165) is 6.54 Å². The molecule has 2 aliphatic rings. The van der Waals surface area contributed by atoms with Gasteiger partial charge in [-0.15, -0.1) is 0 Å². The van der Waals surface area contributed by atoms with Crippen LogP contribution in [0.4, 0.5) is 0 Å². The van der Waals surface area contributed by atoms with E-state index in [1.807, 2.05) is 0 Å². The zero-order valence-electron chi connectivity index (χ0n) is 13.9. The first-order valence-corrected chi connectivity index (χ1v) is 9.09. The Morgan fingerprint density at radius 3 is 2.20 bits per heavy atom. The first-order valence-electron chi connectivity index (χ1n) is 9.09. The number of nitrogens with two attached hydrogens (primary N) is 1. The molecule has 2 heteroatoms. The lowest BCUT2D eigenvalue weighted by Gasteiger charge is -2.50. The van der Waals surface area contributed by atoms with Gasteiger partial charge in [0.1, 0.15) is 0 Å². The summed E-state index contributed by atoms with van der Waals surface area (Å²) in [6.45, 7) is 8.10. The average Bonchev–Trinajstić information content (AvgIpc) is 2.49. The molecule has 1 atom stereocenters. The number of piperidine rings is 1. The third-order valence-corrected chi connectivity index (χ3v) is 6.26. The molecule has 0 bridgehead atoms. The summed E-state index contributed by atoms with van der Waals surface area (Å²) < 4.78 is 0. The highest BCUT2D eigenvalue weighted by molar-refractivity contribution is 4.95. The van der Waals surface area contributed by atoms with Gasteiger partial charge < -0.3 is 5.73 Å². The number of rotatable bonds is 6. The lowest BCUT2D eigenvalue weighted by atomic mass is 9.67. The molecule has 2 rings (SSSR count). The third kappa shape index (κ3) is 3.76. The molecule has 1 saturated carbocycles. The minimum atomic E-state index is 0.255. The Morgan fingerprint density at radius 2 is 1.65 bits per heavy atom. The number of hydrogen-bond donors (Lipinski definition) is 1. The molecule has 1 unspecified atom stereocenters. The fourth-order valence-electron chi connectivity index (χ4n) is 4.47. The monoisotopic (exact) mass is 280 g/mol. The Bertz CT molecular complexity index is 273. The molecule has 20 heavy (non-hydrogen) atoms.